The van der Waals surface area contributed by atoms with Crippen LogP contribution in [0.2, 0.25) is 0 Å². The lowest BCUT2D eigenvalue weighted by molar-refractivity contribution is 0.0953. The molecule has 0 radical (unpaired) electrons. The van der Waals surface area contributed by atoms with Crippen LogP contribution < -0.4 is 10.7 Å². The first kappa shape index (κ1) is 21.9. The number of hydrazone groups is 1. The van der Waals surface area contributed by atoms with Crippen LogP contribution in [0.4, 0.5) is 5.69 Å². The minimum absolute atomic E-state index is 0.0344. The van der Waals surface area contributed by atoms with Crippen molar-refractivity contribution in [2.24, 2.45) is 5.10 Å². The Hall–Kier alpha value is -3.80. The largest absolute Gasteiger partial charge is 0.322 e. The van der Waals surface area contributed by atoms with Crippen LogP contribution in [0, 0.1) is 0 Å². The Morgan fingerprint density at radius 2 is 1.58 bits per heavy atom. The highest BCUT2D eigenvalue weighted by atomic mass is 16.2. The summed E-state index contributed by atoms with van der Waals surface area (Å²) < 4.78 is 0. The molecular formula is C25H26N4O2. The molecule has 2 amide bonds. The van der Waals surface area contributed by atoms with E-state index in [4.69, 9.17) is 0 Å². The molecule has 0 spiro atoms. The van der Waals surface area contributed by atoms with E-state index in [0.717, 1.165) is 5.56 Å². The molecule has 0 bridgehead atoms. The van der Waals surface area contributed by atoms with Gasteiger partial charge in [-0.2, -0.15) is 5.10 Å². The zero-order valence-electron chi connectivity index (χ0n) is 18.1. The normalized spacial score (nSPS) is 11.7. The van der Waals surface area contributed by atoms with Crippen molar-refractivity contribution in [3.63, 3.8) is 0 Å². The Balaban J connectivity index is 1.68. The Kier molecular flexibility index (Phi) is 6.60. The monoisotopic (exact) mass is 414 g/mol. The molecule has 2 N–H and O–H groups in total. The van der Waals surface area contributed by atoms with Gasteiger partial charge in [-0.05, 0) is 59.9 Å². The number of carbonyl (C=O) groups excluding carboxylic acids is 2. The number of aromatic nitrogens is 1. The van der Waals surface area contributed by atoms with Crippen LogP contribution in [0.25, 0.3) is 0 Å². The fraction of sp³-hybridized carbons (Fsp3) is 0.200. The fourth-order valence-electron chi connectivity index (χ4n) is 2.91. The Morgan fingerprint density at radius 3 is 2.23 bits per heavy atom. The number of benzene rings is 2. The first-order valence-corrected chi connectivity index (χ1v) is 10.0. The second-order valence-electron chi connectivity index (χ2n) is 8.24. The summed E-state index contributed by atoms with van der Waals surface area (Å²) >= 11 is 0. The van der Waals surface area contributed by atoms with Gasteiger partial charge in [-0.25, -0.2) is 5.43 Å². The van der Waals surface area contributed by atoms with Gasteiger partial charge in [0.1, 0.15) is 0 Å². The summed E-state index contributed by atoms with van der Waals surface area (Å²) in [5.74, 6) is -0.521. The molecule has 0 fully saturated rings. The lowest BCUT2D eigenvalue weighted by atomic mass is 9.87. The summed E-state index contributed by atoms with van der Waals surface area (Å²) in [7, 11) is 0. The summed E-state index contributed by atoms with van der Waals surface area (Å²) in [4.78, 5) is 28.7. The van der Waals surface area contributed by atoms with Gasteiger partial charge in [0.15, 0.2) is 0 Å². The van der Waals surface area contributed by atoms with Crippen molar-refractivity contribution in [1.29, 1.82) is 0 Å². The predicted octanol–water partition coefficient (Wildman–Crippen LogP) is 4.79. The third kappa shape index (κ3) is 5.85. The number of anilines is 1. The highest BCUT2D eigenvalue weighted by Gasteiger charge is 2.14. The van der Waals surface area contributed by atoms with Gasteiger partial charge < -0.3 is 5.32 Å². The van der Waals surface area contributed by atoms with E-state index in [1.54, 1.807) is 25.3 Å². The van der Waals surface area contributed by atoms with Gasteiger partial charge >= 0.3 is 0 Å². The SMILES string of the molecule is C/C(=N\NC(=O)c1cccnc1)c1cccc(NC(=O)c2ccc(C(C)(C)C)cc2)c1. The minimum Gasteiger partial charge on any atom is -0.322 e. The topological polar surface area (TPSA) is 83.4 Å². The van der Waals surface area contributed by atoms with Gasteiger partial charge in [0.25, 0.3) is 11.8 Å². The van der Waals surface area contributed by atoms with Crippen molar-refractivity contribution in [1.82, 2.24) is 10.4 Å². The third-order valence-electron chi connectivity index (χ3n) is 4.80. The van der Waals surface area contributed by atoms with Crippen LogP contribution in [-0.2, 0) is 5.41 Å². The van der Waals surface area contributed by atoms with Crippen LogP contribution in [0.15, 0.2) is 78.2 Å². The summed E-state index contributed by atoms with van der Waals surface area (Å²) in [5, 5.41) is 7.07. The molecule has 6 heteroatoms. The van der Waals surface area contributed by atoms with Gasteiger partial charge in [-0.15, -0.1) is 0 Å². The molecule has 2 aromatic carbocycles. The van der Waals surface area contributed by atoms with Crippen LogP contribution >= 0.6 is 0 Å². The maximum absolute atomic E-state index is 12.6. The first-order chi connectivity index (χ1) is 14.7. The molecule has 6 nitrogen and oxygen atoms in total. The number of amides is 2. The van der Waals surface area contributed by atoms with E-state index >= 15 is 0 Å². The van der Waals surface area contributed by atoms with Crippen LogP contribution in [-0.4, -0.2) is 22.5 Å². The van der Waals surface area contributed by atoms with E-state index in [0.29, 0.717) is 22.5 Å². The van der Waals surface area contributed by atoms with E-state index < -0.39 is 0 Å². The van der Waals surface area contributed by atoms with E-state index in [1.165, 1.54) is 11.8 Å². The molecule has 0 saturated carbocycles. The van der Waals surface area contributed by atoms with Crippen molar-refractivity contribution in [3.8, 4) is 0 Å². The summed E-state index contributed by atoms with van der Waals surface area (Å²) in [6.45, 7) is 8.19. The second kappa shape index (κ2) is 9.34. The number of nitrogens with one attached hydrogen (secondary N) is 2. The summed E-state index contributed by atoms with van der Waals surface area (Å²) in [6, 6.07) is 18.3. The number of hydrogen-bond acceptors (Lipinski definition) is 4. The van der Waals surface area contributed by atoms with Crippen molar-refractivity contribution in [3.05, 3.63) is 95.3 Å². The lowest BCUT2D eigenvalue weighted by Gasteiger charge is -2.19. The van der Waals surface area contributed by atoms with E-state index in [2.05, 4.69) is 41.6 Å². The molecule has 0 unspecified atom stereocenters. The molecule has 0 aliphatic rings. The van der Waals surface area contributed by atoms with Gasteiger partial charge in [-0.3, -0.25) is 14.6 Å². The molecule has 0 saturated heterocycles. The zero-order valence-corrected chi connectivity index (χ0v) is 18.1. The molecule has 158 valence electrons. The van der Waals surface area contributed by atoms with E-state index in [9.17, 15) is 9.59 Å². The number of nitrogens with zero attached hydrogens (tertiary/aromatic N) is 2. The van der Waals surface area contributed by atoms with Gasteiger partial charge in [0.05, 0.1) is 11.3 Å². The molecule has 3 rings (SSSR count). The van der Waals surface area contributed by atoms with Crippen LogP contribution in [0.1, 0.15) is 59.5 Å². The van der Waals surface area contributed by atoms with E-state index in [-0.39, 0.29) is 17.2 Å². The Labute approximate surface area is 182 Å². The van der Waals surface area contributed by atoms with Crippen molar-refractivity contribution in [2.45, 2.75) is 33.1 Å². The minimum atomic E-state index is -0.337. The zero-order chi connectivity index (χ0) is 22.4. The number of pyridine rings is 1. The van der Waals surface area contributed by atoms with Gasteiger partial charge in [0.2, 0.25) is 0 Å². The molecule has 1 heterocycles. The molecule has 0 aliphatic heterocycles. The van der Waals surface area contributed by atoms with Crippen LogP contribution in [0.3, 0.4) is 0 Å². The Morgan fingerprint density at radius 1 is 0.871 bits per heavy atom. The molecule has 0 atom stereocenters. The van der Waals surface area contributed by atoms with Gasteiger partial charge in [-0.1, -0.05) is 45.0 Å². The van der Waals surface area contributed by atoms with Crippen molar-refractivity contribution < 1.29 is 9.59 Å². The van der Waals surface area contributed by atoms with Crippen LogP contribution in [0.5, 0.6) is 0 Å². The standard InChI is InChI=1S/C25H26N4O2/c1-17(28-29-24(31)20-8-6-14-26-16-20)19-7-5-9-22(15-19)27-23(30)18-10-12-21(13-11-18)25(2,3)4/h5-16H,1-4H3,(H,27,30)(H,29,31)/b28-17+. The summed E-state index contributed by atoms with van der Waals surface area (Å²) in [5.41, 5.74) is 6.79. The predicted molar refractivity (Wildman–Crippen MR) is 123 cm³/mol. The average Bonchev–Trinajstić information content (AvgIpc) is 2.77. The lowest BCUT2D eigenvalue weighted by Crippen LogP contribution is -2.19. The average molecular weight is 415 g/mol. The molecule has 3 aromatic rings. The second-order valence-corrected chi connectivity index (χ2v) is 8.24. The Bertz CT molecular complexity index is 1100. The number of carbonyl (C=O) groups is 2. The maximum Gasteiger partial charge on any atom is 0.272 e. The van der Waals surface area contributed by atoms with Gasteiger partial charge in [0, 0.05) is 23.6 Å². The number of rotatable bonds is 5. The molecule has 1 aromatic heterocycles. The highest BCUT2D eigenvalue weighted by Crippen LogP contribution is 2.22. The summed E-state index contributed by atoms with van der Waals surface area (Å²) in [6.07, 6.45) is 3.08. The highest BCUT2D eigenvalue weighted by molar-refractivity contribution is 6.06. The van der Waals surface area contributed by atoms with Crippen molar-refractivity contribution in [2.75, 3.05) is 5.32 Å². The third-order valence-corrected chi connectivity index (χ3v) is 4.80. The maximum atomic E-state index is 12.6. The molecular weight excluding hydrogens is 388 g/mol. The van der Waals surface area contributed by atoms with Crippen molar-refractivity contribution >= 4 is 23.2 Å². The fourth-order valence-corrected chi connectivity index (χ4v) is 2.91. The van der Waals surface area contributed by atoms with E-state index in [1.807, 2.05) is 48.5 Å². The number of hydrogen-bond donors (Lipinski definition) is 2. The first-order valence-electron chi connectivity index (χ1n) is 10.0. The quantitative estimate of drug-likeness (QED) is 0.465. The molecule has 0 aliphatic carbocycles. The molecule has 31 heavy (non-hydrogen) atoms. The smallest absolute Gasteiger partial charge is 0.272 e.